The number of aryl methyl sites for hydroxylation is 6. The average Bonchev–Trinajstić information content (AvgIpc) is 4.26. The number of hydrogen-bond acceptors (Lipinski definition) is 18. The first-order valence-electron chi connectivity index (χ1n) is 23.5. The van der Waals surface area contributed by atoms with Crippen LogP contribution in [0, 0.1) is 20.8 Å². The molecule has 9 aromatic heterocycles. The summed E-state index contributed by atoms with van der Waals surface area (Å²) in [6.45, 7) is 10.3. The number of halogens is 9. The molecule has 0 aromatic carbocycles. The van der Waals surface area contributed by atoms with Crippen LogP contribution in [0.4, 0.5) is 39.5 Å². The lowest BCUT2D eigenvalue weighted by atomic mass is 10.2. The molecule has 0 saturated carbocycles. The van der Waals surface area contributed by atoms with Gasteiger partial charge >= 0.3 is 18.5 Å². The Bertz CT molecular complexity index is 3310. The summed E-state index contributed by atoms with van der Waals surface area (Å²) in [6, 6.07) is 5.33. The van der Waals surface area contributed by atoms with Crippen LogP contribution < -0.4 is 16.0 Å². The van der Waals surface area contributed by atoms with E-state index >= 15 is 0 Å². The topological polar surface area (TPSA) is 296 Å². The zero-order valence-electron chi connectivity index (χ0n) is 43.7. The summed E-state index contributed by atoms with van der Waals surface area (Å²) >= 11 is 0. The number of nitrogens with zero attached hydrogens (tertiary/aromatic N) is 15. The molecule has 9 rings (SSSR count). The van der Waals surface area contributed by atoms with E-state index in [-0.39, 0.29) is 34.8 Å². The van der Waals surface area contributed by atoms with Crippen LogP contribution in [0.1, 0.15) is 122 Å². The number of alkyl halides is 9. The minimum Gasteiger partial charge on any atom is -0.339 e. The number of rotatable bonds is 12. The van der Waals surface area contributed by atoms with Crippen molar-refractivity contribution < 1.29 is 67.5 Å². The zero-order valence-corrected chi connectivity index (χ0v) is 43.7. The molecule has 3 atom stereocenters. The molecule has 0 aliphatic carbocycles. The van der Waals surface area contributed by atoms with Crippen molar-refractivity contribution in [3.8, 4) is 34.2 Å². The summed E-state index contributed by atoms with van der Waals surface area (Å²) in [7, 11) is 3.76. The summed E-state index contributed by atoms with van der Waals surface area (Å²) in [4.78, 5) is 61.5. The van der Waals surface area contributed by atoms with Gasteiger partial charge in [-0.15, -0.1) is 0 Å². The van der Waals surface area contributed by atoms with E-state index < -0.39 is 71.5 Å². The lowest BCUT2D eigenvalue weighted by molar-refractivity contribution is -0.142. The van der Waals surface area contributed by atoms with Crippen LogP contribution in [0.15, 0.2) is 87.1 Å². The van der Waals surface area contributed by atoms with Crippen LogP contribution in [-0.4, -0.2) is 92.4 Å². The SMILES string of the molecule is Cc1cncc(-c2noc(C(C)NC(=O)c3cc(C(F)(F)F)nn3C)n2)c1.Cc1cncc(-c2noc([C@@H](C)NC(=O)c3cc(C(F)(F)F)nn3C)n2)c1.Cc1cncc(-c2noc([C@H](C)NC(=O)c3cc(C(F)(F)F)nn3C)n2)c1. The van der Waals surface area contributed by atoms with Gasteiger partial charge in [0, 0.05) is 93.2 Å². The van der Waals surface area contributed by atoms with Crippen LogP contribution >= 0.6 is 0 Å². The Balaban J connectivity index is 0.000000175. The van der Waals surface area contributed by atoms with E-state index in [1.807, 2.05) is 39.0 Å². The number of pyridine rings is 3. The summed E-state index contributed by atoms with van der Waals surface area (Å²) in [5.41, 5.74) is 0.524. The van der Waals surface area contributed by atoms with E-state index in [4.69, 9.17) is 13.6 Å². The molecule has 0 fully saturated rings. The van der Waals surface area contributed by atoms with Crippen molar-refractivity contribution in [3.05, 3.63) is 142 Å². The first-order valence-corrected chi connectivity index (χ1v) is 23.5. The minimum absolute atomic E-state index is 0.109. The second-order valence-corrected chi connectivity index (χ2v) is 17.8. The highest BCUT2D eigenvalue weighted by molar-refractivity contribution is 5.94. The molecule has 426 valence electrons. The van der Waals surface area contributed by atoms with E-state index in [0.717, 1.165) is 30.7 Å². The second-order valence-electron chi connectivity index (χ2n) is 17.8. The molecule has 0 spiro atoms. The zero-order chi connectivity index (χ0) is 59.3. The van der Waals surface area contributed by atoms with Gasteiger partial charge in [-0.25, -0.2) is 0 Å². The molecular formula is C48H45F9N18O6. The van der Waals surface area contributed by atoms with Crippen LogP contribution in [0.5, 0.6) is 0 Å². The van der Waals surface area contributed by atoms with E-state index in [2.05, 4.69) is 76.6 Å². The minimum atomic E-state index is -4.63. The Hall–Kier alpha value is -9.72. The molecular weight excluding hydrogens is 1100 g/mol. The van der Waals surface area contributed by atoms with Gasteiger partial charge in [-0.05, 0) is 76.4 Å². The lowest BCUT2D eigenvalue weighted by Gasteiger charge is -2.09. The summed E-state index contributed by atoms with van der Waals surface area (Å²) in [5.74, 6) is -1.03. The fourth-order valence-electron chi connectivity index (χ4n) is 7.07. The summed E-state index contributed by atoms with van der Waals surface area (Å²) in [5, 5.41) is 29.0. The number of amides is 3. The normalized spacial score (nSPS) is 12.8. The van der Waals surface area contributed by atoms with Crippen molar-refractivity contribution in [2.75, 3.05) is 0 Å². The van der Waals surface area contributed by atoms with Gasteiger partial charge in [0.05, 0.1) is 0 Å². The number of hydrogen-bond donors (Lipinski definition) is 3. The largest absolute Gasteiger partial charge is 0.435 e. The van der Waals surface area contributed by atoms with Crippen molar-refractivity contribution in [1.82, 2.24) is 90.7 Å². The molecule has 0 aliphatic heterocycles. The van der Waals surface area contributed by atoms with Gasteiger partial charge in [-0.3, -0.25) is 43.4 Å². The molecule has 3 amide bonds. The molecule has 9 heterocycles. The maximum atomic E-state index is 12.7. The lowest BCUT2D eigenvalue weighted by Crippen LogP contribution is -2.28. The van der Waals surface area contributed by atoms with Gasteiger partial charge < -0.3 is 29.5 Å². The fraction of sp³-hybridized carbons (Fsp3) is 0.312. The highest BCUT2D eigenvalue weighted by atomic mass is 19.4. The standard InChI is InChI=1S/3C16H15F3N6O2/c3*1-8-4-10(7-20-6-8)13-22-15(27-24-13)9(2)21-14(26)11-5-12(16(17,18)19)23-25(11)3/h3*4-7,9H,1-3H3,(H,21,26)/t2*9-;/m10./s1. The number of nitrogens with one attached hydrogen (secondary N) is 3. The second kappa shape index (κ2) is 23.7. The predicted octanol–water partition coefficient (Wildman–Crippen LogP) is 8.05. The Labute approximate surface area is 450 Å². The Morgan fingerprint density at radius 3 is 0.889 bits per heavy atom. The van der Waals surface area contributed by atoms with Gasteiger partial charge in [0.15, 0.2) is 17.1 Å². The maximum Gasteiger partial charge on any atom is 0.435 e. The molecule has 1 unspecified atom stereocenters. The van der Waals surface area contributed by atoms with Crippen LogP contribution in [0.25, 0.3) is 34.2 Å². The highest BCUT2D eigenvalue weighted by Gasteiger charge is 2.38. The Morgan fingerprint density at radius 2 is 0.679 bits per heavy atom. The third-order valence-electron chi connectivity index (χ3n) is 11.1. The van der Waals surface area contributed by atoms with Crippen molar-refractivity contribution in [3.63, 3.8) is 0 Å². The van der Waals surface area contributed by atoms with Gasteiger partial charge in [-0.2, -0.15) is 69.8 Å². The first kappa shape index (κ1) is 59.0. The fourth-order valence-corrected chi connectivity index (χ4v) is 7.07. The van der Waals surface area contributed by atoms with Crippen molar-refractivity contribution >= 4 is 17.7 Å². The molecule has 24 nitrogen and oxygen atoms in total. The highest BCUT2D eigenvalue weighted by Crippen LogP contribution is 2.31. The number of aromatic nitrogens is 15. The average molecular weight is 1140 g/mol. The number of carbonyl (C=O) groups is 3. The van der Waals surface area contributed by atoms with Crippen LogP contribution in [-0.2, 0) is 39.7 Å². The third kappa shape index (κ3) is 14.7. The summed E-state index contributed by atoms with van der Waals surface area (Å²) < 4.78 is 132. The van der Waals surface area contributed by atoms with E-state index in [9.17, 15) is 53.9 Å². The number of carbonyl (C=O) groups excluding carboxylic acids is 3. The predicted molar refractivity (Wildman–Crippen MR) is 259 cm³/mol. The van der Waals surface area contributed by atoms with Gasteiger partial charge in [0.2, 0.25) is 35.1 Å². The monoisotopic (exact) mass is 1140 g/mol. The molecule has 33 heteroatoms. The maximum absolute atomic E-state index is 12.7. The van der Waals surface area contributed by atoms with E-state index in [0.29, 0.717) is 52.4 Å². The first-order chi connectivity index (χ1) is 37.9. The third-order valence-corrected chi connectivity index (χ3v) is 11.1. The molecule has 0 radical (unpaired) electrons. The molecule has 0 saturated heterocycles. The van der Waals surface area contributed by atoms with Gasteiger partial charge in [0.1, 0.15) is 35.2 Å². The van der Waals surface area contributed by atoms with Crippen molar-refractivity contribution in [2.24, 2.45) is 21.1 Å². The van der Waals surface area contributed by atoms with E-state index in [1.54, 1.807) is 58.0 Å². The molecule has 81 heavy (non-hydrogen) atoms. The molecule has 9 aromatic rings. The quantitative estimate of drug-likeness (QED) is 0.0974. The summed E-state index contributed by atoms with van der Waals surface area (Å²) in [6.07, 6.45) is -4.16. The van der Waals surface area contributed by atoms with E-state index in [1.165, 1.54) is 21.1 Å². The Kier molecular flexibility index (Phi) is 17.3. The van der Waals surface area contributed by atoms with Crippen LogP contribution in [0.3, 0.4) is 0 Å². The van der Waals surface area contributed by atoms with Crippen molar-refractivity contribution in [1.29, 1.82) is 0 Å². The molecule has 0 aliphatic rings. The Morgan fingerprint density at radius 1 is 0.432 bits per heavy atom. The molecule has 0 bridgehead atoms. The van der Waals surface area contributed by atoms with Crippen molar-refractivity contribution in [2.45, 2.75) is 78.2 Å². The van der Waals surface area contributed by atoms with Gasteiger partial charge in [-0.1, -0.05) is 15.5 Å². The smallest absolute Gasteiger partial charge is 0.339 e. The van der Waals surface area contributed by atoms with Crippen LogP contribution in [0.2, 0.25) is 0 Å². The molecule has 3 N–H and O–H groups in total. The van der Waals surface area contributed by atoms with Gasteiger partial charge in [0.25, 0.3) is 17.7 Å².